The van der Waals surface area contributed by atoms with Gasteiger partial charge in [0.15, 0.2) is 0 Å². The summed E-state index contributed by atoms with van der Waals surface area (Å²) in [4.78, 5) is 42.8. The van der Waals surface area contributed by atoms with Gasteiger partial charge in [-0.1, -0.05) is 12.1 Å². The first kappa shape index (κ1) is 27.3. The van der Waals surface area contributed by atoms with Crippen molar-refractivity contribution in [1.82, 2.24) is 15.2 Å². The van der Waals surface area contributed by atoms with Crippen LogP contribution in [0, 0.1) is 19.8 Å². The number of H-pyrrole nitrogens is 1. The van der Waals surface area contributed by atoms with E-state index in [0.717, 1.165) is 47.4 Å². The number of amides is 2. The first-order chi connectivity index (χ1) is 17.3. The summed E-state index contributed by atoms with van der Waals surface area (Å²) in [7, 11) is 0. The summed E-state index contributed by atoms with van der Waals surface area (Å²) in [5.41, 5.74) is 4.29. The van der Waals surface area contributed by atoms with Gasteiger partial charge in [0.25, 0.3) is 0 Å². The van der Waals surface area contributed by atoms with Crippen LogP contribution < -0.4 is 10.1 Å². The average Bonchev–Trinajstić information content (AvgIpc) is 3.17. The minimum absolute atomic E-state index is 0.00911. The summed E-state index contributed by atoms with van der Waals surface area (Å²) >= 11 is 0. The number of aromatic nitrogens is 1. The molecule has 2 amide bonds. The molecule has 1 aromatic carbocycles. The molecule has 1 aromatic heterocycles. The highest BCUT2D eigenvalue weighted by Crippen LogP contribution is 2.22. The Balaban J connectivity index is 1.47. The number of benzene rings is 1. The molecule has 1 aliphatic rings. The fraction of sp³-hybridized carbons (Fsp3) is 0.536. The van der Waals surface area contributed by atoms with E-state index >= 15 is 0 Å². The van der Waals surface area contributed by atoms with Crippen molar-refractivity contribution in [2.45, 2.75) is 59.8 Å². The molecule has 2 aromatic rings. The van der Waals surface area contributed by atoms with Crippen LogP contribution in [0.1, 0.15) is 66.0 Å². The van der Waals surface area contributed by atoms with Crippen LogP contribution in [-0.2, 0) is 27.2 Å². The number of esters is 1. The summed E-state index contributed by atoms with van der Waals surface area (Å²) in [5.74, 6) is 0.338. The molecule has 0 aliphatic carbocycles. The number of nitrogens with one attached hydrogen (secondary N) is 2. The second-order valence-corrected chi connectivity index (χ2v) is 9.25. The van der Waals surface area contributed by atoms with Gasteiger partial charge in [0, 0.05) is 31.7 Å². The third kappa shape index (κ3) is 7.12. The number of aromatic amines is 1. The lowest BCUT2D eigenvalue weighted by Gasteiger charge is -2.32. The van der Waals surface area contributed by atoms with Crippen LogP contribution in [-0.4, -0.2) is 60.5 Å². The minimum Gasteiger partial charge on any atom is -0.494 e. The summed E-state index contributed by atoms with van der Waals surface area (Å²) in [6.07, 6.45) is 3.24. The van der Waals surface area contributed by atoms with Gasteiger partial charge < -0.3 is 24.7 Å². The number of rotatable bonds is 11. The molecule has 1 fully saturated rings. The van der Waals surface area contributed by atoms with Crippen LogP contribution in [0.2, 0.25) is 0 Å². The maximum atomic E-state index is 13.0. The van der Waals surface area contributed by atoms with Crippen LogP contribution in [0.4, 0.5) is 0 Å². The molecule has 1 unspecified atom stereocenters. The van der Waals surface area contributed by atoms with E-state index < -0.39 is 0 Å². The Labute approximate surface area is 213 Å². The van der Waals surface area contributed by atoms with Gasteiger partial charge in [-0.25, -0.2) is 4.79 Å². The van der Waals surface area contributed by atoms with Gasteiger partial charge in [-0.05, 0) is 82.2 Å². The molecule has 0 spiro atoms. The number of piperidine rings is 1. The second kappa shape index (κ2) is 13.1. The van der Waals surface area contributed by atoms with Crippen molar-refractivity contribution in [1.29, 1.82) is 0 Å². The molecular formula is C28H39N3O5. The molecule has 0 saturated carbocycles. The van der Waals surface area contributed by atoms with E-state index in [1.807, 2.05) is 49.9 Å². The Morgan fingerprint density at radius 1 is 1.08 bits per heavy atom. The molecule has 196 valence electrons. The predicted molar refractivity (Wildman–Crippen MR) is 138 cm³/mol. The standard InChI is InChI=1S/C28H39N3O5/c1-5-35-23-11-9-21(10-12-23)15-16-29-27(33)22-8-7-17-31(18-22)25(32)14-13-24-19(3)26(30-20(24)4)28(34)36-6-2/h9-12,22,30H,5-8,13-18H2,1-4H3,(H,29,33). The minimum atomic E-state index is -0.372. The largest absolute Gasteiger partial charge is 0.494 e. The monoisotopic (exact) mass is 497 g/mol. The van der Waals surface area contributed by atoms with E-state index in [9.17, 15) is 14.4 Å². The highest BCUT2D eigenvalue weighted by Gasteiger charge is 2.28. The first-order valence-electron chi connectivity index (χ1n) is 13.0. The van der Waals surface area contributed by atoms with Gasteiger partial charge >= 0.3 is 5.97 Å². The Morgan fingerprint density at radius 2 is 1.83 bits per heavy atom. The van der Waals surface area contributed by atoms with Gasteiger partial charge in [0.1, 0.15) is 11.4 Å². The van der Waals surface area contributed by atoms with Gasteiger partial charge in [-0.3, -0.25) is 9.59 Å². The summed E-state index contributed by atoms with van der Waals surface area (Å²) in [6.45, 7) is 10.2. The van der Waals surface area contributed by atoms with Crippen molar-refractivity contribution in [3.05, 3.63) is 52.3 Å². The molecule has 0 bridgehead atoms. The SMILES string of the molecule is CCOC(=O)c1[nH]c(C)c(CCC(=O)N2CCCC(C(=O)NCCc3ccc(OCC)cc3)C2)c1C. The van der Waals surface area contributed by atoms with E-state index in [1.54, 1.807) is 6.92 Å². The van der Waals surface area contributed by atoms with Crippen LogP contribution in [0.15, 0.2) is 24.3 Å². The highest BCUT2D eigenvalue weighted by atomic mass is 16.5. The van der Waals surface area contributed by atoms with Crippen molar-refractivity contribution in [3.8, 4) is 5.75 Å². The van der Waals surface area contributed by atoms with E-state index in [2.05, 4.69) is 10.3 Å². The number of hydrogen-bond donors (Lipinski definition) is 2. The van der Waals surface area contributed by atoms with Gasteiger partial charge in [-0.15, -0.1) is 0 Å². The zero-order valence-electron chi connectivity index (χ0n) is 21.9. The fourth-order valence-electron chi connectivity index (χ4n) is 4.77. The molecule has 3 rings (SSSR count). The van der Waals surface area contributed by atoms with Crippen molar-refractivity contribution < 1.29 is 23.9 Å². The third-order valence-electron chi connectivity index (χ3n) is 6.75. The van der Waals surface area contributed by atoms with E-state index in [-0.39, 0.29) is 23.7 Å². The molecule has 1 aliphatic heterocycles. The van der Waals surface area contributed by atoms with E-state index in [4.69, 9.17) is 9.47 Å². The maximum Gasteiger partial charge on any atom is 0.355 e. The number of carbonyl (C=O) groups is 3. The molecular weight excluding hydrogens is 458 g/mol. The number of nitrogens with zero attached hydrogens (tertiary/aromatic N) is 1. The molecule has 36 heavy (non-hydrogen) atoms. The molecule has 1 saturated heterocycles. The van der Waals surface area contributed by atoms with Gasteiger partial charge in [0.05, 0.1) is 19.1 Å². The number of ether oxygens (including phenoxy) is 2. The van der Waals surface area contributed by atoms with Crippen LogP contribution >= 0.6 is 0 Å². The lowest BCUT2D eigenvalue weighted by atomic mass is 9.96. The highest BCUT2D eigenvalue weighted by molar-refractivity contribution is 5.90. The van der Waals surface area contributed by atoms with Crippen LogP contribution in [0.3, 0.4) is 0 Å². The number of aryl methyl sites for hydroxylation is 1. The number of carbonyl (C=O) groups excluding carboxylic acids is 3. The summed E-state index contributed by atoms with van der Waals surface area (Å²) in [6, 6.07) is 7.92. The van der Waals surface area contributed by atoms with Gasteiger partial charge in [-0.2, -0.15) is 0 Å². The molecule has 0 radical (unpaired) electrons. The summed E-state index contributed by atoms with van der Waals surface area (Å²) < 4.78 is 10.6. The Morgan fingerprint density at radius 3 is 2.53 bits per heavy atom. The first-order valence-corrected chi connectivity index (χ1v) is 13.0. The molecule has 2 heterocycles. The van der Waals surface area contributed by atoms with E-state index in [0.29, 0.717) is 51.4 Å². The van der Waals surface area contributed by atoms with E-state index in [1.165, 1.54) is 0 Å². The quantitative estimate of drug-likeness (QED) is 0.461. The Bertz CT molecular complexity index is 1040. The third-order valence-corrected chi connectivity index (χ3v) is 6.75. The Hall–Kier alpha value is -3.29. The lowest BCUT2D eigenvalue weighted by Crippen LogP contribution is -2.45. The second-order valence-electron chi connectivity index (χ2n) is 9.25. The van der Waals surface area contributed by atoms with Crippen molar-refractivity contribution in [3.63, 3.8) is 0 Å². The molecule has 1 atom stereocenters. The molecule has 8 heteroatoms. The van der Waals surface area contributed by atoms with Crippen LogP contribution in [0.25, 0.3) is 0 Å². The maximum absolute atomic E-state index is 13.0. The molecule has 8 nitrogen and oxygen atoms in total. The Kier molecular flexibility index (Phi) is 9.96. The topological polar surface area (TPSA) is 101 Å². The average molecular weight is 498 g/mol. The lowest BCUT2D eigenvalue weighted by molar-refractivity contribution is -0.135. The summed E-state index contributed by atoms with van der Waals surface area (Å²) in [5, 5.41) is 3.04. The fourth-order valence-corrected chi connectivity index (χ4v) is 4.77. The molecule has 2 N–H and O–H groups in total. The van der Waals surface area contributed by atoms with Gasteiger partial charge in [0.2, 0.25) is 11.8 Å². The number of hydrogen-bond acceptors (Lipinski definition) is 5. The van der Waals surface area contributed by atoms with Crippen LogP contribution in [0.5, 0.6) is 5.75 Å². The smallest absolute Gasteiger partial charge is 0.355 e. The normalized spacial score (nSPS) is 15.4. The van der Waals surface area contributed by atoms with Crippen molar-refractivity contribution in [2.75, 3.05) is 32.8 Å². The number of likely N-dealkylation sites (tertiary alicyclic amines) is 1. The van der Waals surface area contributed by atoms with Crippen molar-refractivity contribution in [2.24, 2.45) is 5.92 Å². The predicted octanol–water partition coefficient (Wildman–Crippen LogP) is 3.74. The zero-order valence-corrected chi connectivity index (χ0v) is 21.9. The van der Waals surface area contributed by atoms with Crippen molar-refractivity contribution >= 4 is 17.8 Å². The zero-order chi connectivity index (χ0) is 26.1.